The summed E-state index contributed by atoms with van der Waals surface area (Å²) in [6.45, 7) is 4.23. The second-order valence-corrected chi connectivity index (χ2v) is 5.73. The fourth-order valence-corrected chi connectivity index (χ4v) is 2.75. The molecule has 0 fully saturated rings. The summed E-state index contributed by atoms with van der Waals surface area (Å²) >= 11 is 6.31. The molecule has 0 aliphatic carbocycles. The smallest absolute Gasteiger partial charge is 0.162 e. The highest BCUT2D eigenvalue weighted by molar-refractivity contribution is 6.31. The van der Waals surface area contributed by atoms with E-state index in [-0.39, 0.29) is 6.54 Å². The van der Waals surface area contributed by atoms with E-state index in [4.69, 9.17) is 26.8 Å². The molecule has 5 heteroatoms. The Kier molecular flexibility index (Phi) is 5.88. The lowest BCUT2D eigenvalue weighted by Crippen LogP contribution is -2.46. The van der Waals surface area contributed by atoms with Gasteiger partial charge in [-0.1, -0.05) is 41.9 Å². The number of hydrogen-bond acceptors (Lipinski definition) is 4. The highest BCUT2D eigenvalue weighted by Crippen LogP contribution is 2.38. The molecule has 0 saturated carbocycles. The number of para-hydroxylation sites is 2. The number of nitrogens with two attached hydrogens (primary N) is 1. The van der Waals surface area contributed by atoms with E-state index in [1.165, 1.54) is 0 Å². The summed E-state index contributed by atoms with van der Waals surface area (Å²) < 4.78 is 11.8. The molecule has 2 unspecified atom stereocenters. The molecule has 0 heterocycles. The molecule has 2 atom stereocenters. The van der Waals surface area contributed by atoms with Crippen molar-refractivity contribution in [1.82, 2.24) is 0 Å². The quantitative estimate of drug-likeness (QED) is 0.814. The Morgan fingerprint density at radius 3 is 2.35 bits per heavy atom. The van der Waals surface area contributed by atoms with Gasteiger partial charge in [-0.05, 0) is 32.0 Å². The zero-order chi connectivity index (χ0) is 16.9. The maximum atomic E-state index is 10.5. The van der Waals surface area contributed by atoms with Gasteiger partial charge in [-0.2, -0.15) is 0 Å². The van der Waals surface area contributed by atoms with Gasteiger partial charge in [0.1, 0.15) is 6.10 Å². The Morgan fingerprint density at radius 1 is 1.13 bits per heavy atom. The van der Waals surface area contributed by atoms with Crippen LogP contribution in [0.3, 0.4) is 0 Å². The summed E-state index contributed by atoms with van der Waals surface area (Å²) in [6, 6.07) is 14.6. The number of rotatable bonds is 7. The zero-order valence-electron chi connectivity index (χ0n) is 13.3. The van der Waals surface area contributed by atoms with Crippen LogP contribution in [0, 0.1) is 0 Å². The standard InChI is InChI=1S/C18H22ClNO3/c1-3-22-15-10-6-7-11-16(15)23-18(2,17(21)12-20)13-8-4-5-9-14(13)19/h4-11,17,21H,3,12,20H2,1-2H3. The van der Waals surface area contributed by atoms with Crippen LogP contribution in [0.4, 0.5) is 0 Å². The fraction of sp³-hybridized carbons (Fsp3) is 0.333. The normalized spacial score (nSPS) is 14.8. The van der Waals surface area contributed by atoms with E-state index in [1.54, 1.807) is 19.1 Å². The molecule has 2 rings (SSSR count). The SMILES string of the molecule is CCOc1ccccc1OC(C)(c1ccccc1Cl)C(O)CN. The van der Waals surface area contributed by atoms with Gasteiger partial charge in [0.25, 0.3) is 0 Å². The zero-order valence-corrected chi connectivity index (χ0v) is 14.1. The summed E-state index contributed by atoms with van der Waals surface area (Å²) in [7, 11) is 0. The number of hydrogen-bond donors (Lipinski definition) is 2. The predicted molar refractivity (Wildman–Crippen MR) is 92.1 cm³/mol. The average Bonchev–Trinajstić information content (AvgIpc) is 2.56. The number of ether oxygens (including phenoxy) is 2. The molecule has 4 nitrogen and oxygen atoms in total. The van der Waals surface area contributed by atoms with Crippen LogP contribution in [-0.2, 0) is 5.60 Å². The summed E-state index contributed by atoms with van der Waals surface area (Å²) in [5, 5.41) is 11.0. The summed E-state index contributed by atoms with van der Waals surface area (Å²) in [5.41, 5.74) is 5.27. The highest BCUT2D eigenvalue weighted by Gasteiger charge is 2.39. The fourth-order valence-electron chi connectivity index (χ4n) is 2.43. The van der Waals surface area contributed by atoms with E-state index in [0.29, 0.717) is 28.7 Å². The molecule has 0 aliphatic rings. The topological polar surface area (TPSA) is 64.7 Å². The van der Waals surface area contributed by atoms with Crippen molar-refractivity contribution in [3.05, 3.63) is 59.1 Å². The first kappa shape index (κ1) is 17.6. The molecule has 2 aromatic carbocycles. The lowest BCUT2D eigenvalue weighted by Gasteiger charge is -2.36. The Hall–Kier alpha value is -1.75. The van der Waals surface area contributed by atoms with E-state index in [0.717, 1.165) is 0 Å². The van der Waals surface area contributed by atoms with Crippen molar-refractivity contribution in [2.45, 2.75) is 25.6 Å². The second-order valence-electron chi connectivity index (χ2n) is 5.32. The summed E-state index contributed by atoms with van der Waals surface area (Å²) in [5.74, 6) is 1.14. The summed E-state index contributed by atoms with van der Waals surface area (Å²) in [6.07, 6.45) is -0.933. The van der Waals surface area contributed by atoms with Crippen molar-refractivity contribution in [3.8, 4) is 11.5 Å². The second kappa shape index (κ2) is 7.68. The molecule has 2 aromatic rings. The number of aliphatic hydroxyl groups is 1. The molecule has 0 aromatic heterocycles. The Labute approximate surface area is 141 Å². The molecule has 0 aliphatic heterocycles. The van der Waals surface area contributed by atoms with E-state index < -0.39 is 11.7 Å². The molecular formula is C18H22ClNO3. The van der Waals surface area contributed by atoms with Gasteiger partial charge in [0.2, 0.25) is 0 Å². The molecule has 0 spiro atoms. The number of halogens is 1. The molecule has 0 saturated heterocycles. The molecule has 23 heavy (non-hydrogen) atoms. The number of aliphatic hydroxyl groups excluding tert-OH is 1. The molecule has 124 valence electrons. The van der Waals surface area contributed by atoms with Gasteiger partial charge in [-0.3, -0.25) is 0 Å². The lowest BCUT2D eigenvalue weighted by molar-refractivity contribution is -0.0423. The Bertz CT molecular complexity index is 650. The van der Waals surface area contributed by atoms with Crippen LogP contribution >= 0.6 is 11.6 Å². The van der Waals surface area contributed by atoms with Crippen molar-refractivity contribution in [3.63, 3.8) is 0 Å². The van der Waals surface area contributed by atoms with Gasteiger partial charge in [-0.15, -0.1) is 0 Å². The first-order valence-electron chi connectivity index (χ1n) is 7.57. The third-order valence-electron chi connectivity index (χ3n) is 3.74. The van der Waals surface area contributed by atoms with E-state index >= 15 is 0 Å². The molecule has 0 radical (unpaired) electrons. The lowest BCUT2D eigenvalue weighted by atomic mass is 9.89. The molecule has 0 bridgehead atoms. The third-order valence-corrected chi connectivity index (χ3v) is 4.07. The van der Waals surface area contributed by atoms with Crippen LogP contribution < -0.4 is 15.2 Å². The van der Waals surface area contributed by atoms with E-state index in [2.05, 4.69) is 0 Å². The van der Waals surface area contributed by atoms with Gasteiger partial charge in [0.15, 0.2) is 17.1 Å². The Balaban J connectivity index is 2.47. The third kappa shape index (κ3) is 3.78. The minimum absolute atomic E-state index is 0.0402. The van der Waals surface area contributed by atoms with E-state index in [1.807, 2.05) is 43.3 Å². The molecule has 3 N–H and O–H groups in total. The monoisotopic (exact) mass is 335 g/mol. The molecular weight excluding hydrogens is 314 g/mol. The van der Waals surface area contributed by atoms with Gasteiger partial charge >= 0.3 is 0 Å². The molecule has 0 amide bonds. The van der Waals surface area contributed by atoms with Crippen LogP contribution in [0.2, 0.25) is 5.02 Å². The Morgan fingerprint density at radius 2 is 1.74 bits per heavy atom. The van der Waals surface area contributed by atoms with Crippen molar-refractivity contribution in [2.24, 2.45) is 5.73 Å². The van der Waals surface area contributed by atoms with Gasteiger partial charge in [-0.25, -0.2) is 0 Å². The van der Waals surface area contributed by atoms with Crippen molar-refractivity contribution in [2.75, 3.05) is 13.2 Å². The van der Waals surface area contributed by atoms with Gasteiger partial charge in [0.05, 0.1) is 6.61 Å². The summed E-state index contributed by atoms with van der Waals surface area (Å²) in [4.78, 5) is 0. The predicted octanol–water partition coefficient (Wildman–Crippen LogP) is 3.35. The first-order chi connectivity index (χ1) is 11.0. The first-order valence-corrected chi connectivity index (χ1v) is 7.94. The maximum absolute atomic E-state index is 10.5. The van der Waals surface area contributed by atoms with Crippen LogP contribution in [0.25, 0.3) is 0 Å². The average molecular weight is 336 g/mol. The highest BCUT2D eigenvalue weighted by atomic mass is 35.5. The maximum Gasteiger partial charge on any atom is 0.162 e. The van der Waals surface area contributed by atoms with Crippen molar-refractivity contribution < 1.29 is 14.6 Å². The minimum atomic E-state index is -1.10. The van der Waals surface area contributed by atoms with E-state index in [9.17, 15) is 5.11 Å². The van der Waals surface area contributed by atoms with Gasteiger partial charge in [0, 0.05) is 17.1 Å². The van der Waals surface area contributed by atoms with Crippen LogP contribution in [-0.4, -0.2) is 24.4 Å². The van der Waals surface area contributed by atoms with Crippen LogP contribution in [0.1, 0.15) is 19.4 Å². The van der Waals surface area contributed by atoms with Crippen LogP contribution in [0.15, 0.2) is 48.5 Å². The van der Waals surface area contributed by atoms with Gasteiger partial charge < -0.3 is 20.3 Å². The van der Waals surface area contributed by atoms with Crippen molar-refractivity contribution >= 4 is 11.6 Å². The number of benzene rings is 2. The minimum Gasteiger partial charge on any atom is -0.490 e. The van der Waals surface area contributed by atoms with Crippen molar-refractivity contribution in [1.29, 1.82) is 0 Å². The largest absolute Gasteiger partial charge is 0.490 e. The van der Waals surface area contributed by atoms with Crippen LogP contribution in [0.5, 0.6) is 11.5 Å².